The Bertz CT molecular complexity index is 782. The molecule has 1 fully saturated rings. The van der Waals surface area contributed by atoms with Crippen molar-refractivity contribution in [3.8, 4) is 11.5 Å². The highest BCUT2D eigenvalue weighted by Crippen LogP contribution is 2.28. The van der Waals surface area contributed by atoms with Gasteiger partial charge in [0.05, 0.1) is 12.8 Å². The van der Waals surface area contributed by atoms with Gasteiger partial charge in [0, 0.05) is 52.0 Å². The number of nitrogens with zero attached hydrogens (tertiary/aromatic N) is 4. The highest BCUT2D eigenvalue weighted by molar-refractivity contribution is 5.43. The predicted molar refractivity (Wildman–Crippen MR) is 122 cm³/mol. The van der Waals surface area contributed by atoms with Gasteiger partial charge in [0.15, 0.2) is 11.5 Å². The summed E-state index contributed by atoms with van der Waals surface area (Å²) in [5.41, 5.74) is 2.18. The second kappa shape index (κ2) is 12.0. The number of β-amino-alcohol motifs (C(OH)–C–C–N with tert-alkyl or cyclic N) is 1. The number of hydrogen-bond donors (Lipinski definition) is 1. The van der Waals surface area contributed by atoms with E-state index in [0.29, 0.717) is 18.0 Å². The molecule has 1 aromatic heterocycles. The van der Waals surface area contributed by atoms with Crippen molar-refractivity contribution < 1.29 is 14.6 Å². The quantitative estimate of drug-likeness (QED) is 0.588. The van der Waals surface area contributed by atoms with Crippen LogP contribution in [-0.4, -0.2) is 90.9 Å². The van der Waals surface area contributed by atoms with E-state index in [-0.39, 0.29) is 6.61 Å². The Morgan fingerprint density at radius 2 is 1.84 bits per heavy atom. The first-order chi connectivity index (χ1) is 15.1. The normalized spacial score (nSPS) is 16.4. The topological polar surface area (TPSA) is 61.3 Å². The number of benzene rings is 1. The van der Waals surface area contributed by atoms with Gasteiger partial charge in [-0.15, -0.1) is 0 Å². The molecule has 0 aliphatic carbocycles. The van der Waals surface area contributed by atoms with E-state index < -0.39 is 6.10 Å². The molecule has 1 aromatic carbocycles. The molecule has 1 aliphatic heterocycles. The molecule has 2 heterocycles. The largest absolute Gasteiger partial charge is 0.493 e. The Morgan fingerprint density at radius 1 is 1.06 bits per heavy atom. The van der Waals surface area contributed by atoms with Crippen LogP contribution in [0.4, 0.5) is 0 Å². The Labute approximate surface area is 186 Å². The standard InChI is InChI=1S/C24H36N4O3/c1-4-27-11-13-28(14-12-27)18-22(29)19-31-23-9-8-20(15-24(23)30-3)16-26(2)17-21-7-5-6-10-25-21/h5-10,15,22,29H,4,11-14,16-19H2,1-3H3/t22-/m0/s1. The maximum atomic E-state index is 10.4. The summed E-state index contributed by atoms with van der Waals surface area (Å²) >= 11 is 0. The van der Waals surface area contributed by atoms with Crippen molar-refractivity contribution in [1.82, 2.24) is 19.7 Å². The van der Waals surface area contributed by atoms with Crippen LogP contribution >= 0.6 is 0 Å². The number of methoxy groups -OCH3 is 1. The van der Waals surface area contributed by atoms with E-state index in [1.807, 2.05) is 42.6 Å². The van der Waals surface area contributed by atoms with Gasteiger partial charge in [0.25, 0.3) is 0 Å². The number of aliphatic hydroxyl groups excluding tert-OH is 1. The summed E-state index contributed by atoms with van der Waals surface area (Å²) in [5, 5.41) is 10.4. The zero-order valence-electron chi connectivity index (χ0n) is 19.0. The van der Waals surface area contributed by atoms with Gasteiger partial charge in [-0.05, 0) is 43.4 Å². The molecule has 3 rings (SSSR count). The first-order valence-electron chi connectivity index (χ1n) is 11.1. The van der Waals surface area contributed by atoms with Crippen molar-refractivity contribution in [2.24, 2.45) is 0 Å². The van der Waals surface area contributed by atoms with Gasteiger partial charge in [-0.1, -0.05) is 19.1 Å². The molecule has 170 valence electrons. The smallest absolute Gasteiger partial charge is 0.161 e. The third-order valence-corrected chi connectivity index (χ3v) is 5.65. The van der Waals surface area contributed by atoms with E-state index in [1.165, 1.54) is 0 Å². The van der Waals surface area contributed by atoms with Gasteiger partial charge in [-0.3, -0.25) is 14.8 Å². The number of rotatable bonds is 11. The summed E-state index contributed by atoms with van der Waals surface area (Å²) in [4.78, 5) is 11.3. The lowest BCUT2D eigenvalue weighted by atomic mass is 10.2. The maximum Gasteiger partial charge on any atom is 0.161 e. The van der Waals surface area contributed by atoms with Crippen molar-refractivity contribution >= 4 is 0 Å². The number of aliphatic hydroxyl groups is 1. The van der Waals surface area contributed by atoms with Crippen LogP contribution in [0.3, 0.4) is 0 Å². The molecule has 2 aromatic rings. The molecule has 7 heteroatoms. The predicted octanol–water partition coefficient (Wildman–Crippen LogP) is 2.10. The molecule has 1 N–H and O–H groups in total. The second-order valence-electron chi connectivity index (χ2n) is 8.18. The molecule has 1 saturated heterocycles. The summed E-state index contributed by atoms with van der Waals surface area (Å²) < 4.78 is 11.4. The molecular weight excluding hydrogens is 392 g/mol. The van der Waals surface area contributed by atoms with E-state index in [9.17, 15) is 5.11 Å². The monoisotopic (exact) mass is 428 g/mol. The first kappa shape index (κ1) is 23.5. The summed E-state index contributed by atoms with van der Waals surface area (Å²) in [6.45, 7) is 9.84. The van der Waals surface area contributed by atoms with Crippen molar-refractivity contribution in [1.29, 1.82) is 0 Å². The van der Waals surface area contributed by atoms with Gasteiger partial charge < -0.3 is 19.5 Å². The fraction of sp³-hybridized carbons (Fsp3) is 0.542. The van der Waals surface area contributed by atoms with Gasteiger partial charge >= 0.3 is 0 Å². The third-order valence-electron chi connectivity index (χ3n) is 5.65. The summed E-state index contributed by atoms with van der Waals surface area (Å²) in [6, 6.07) is 11.9. The molecule has 1 atom stereocenters. The van der Waals surface area contributed by atoms with Crippen molar-refractivity contribution in [2.75, 3.05) is 60.0 Å². The first-order valence-corrected chi connectivity index (χ1v) is 11.1. The fourth-order valence-corrected chi connectivity index (χ4v) is 3.89. The van der Waals surface area contributed by atoms with Gasteiger partial charge in [-0.25, -0.2) is 0 Å². The molecular formula is C24H36N4O3. The minimum Gasteiger partial charge on any atom is -0.493 e. The average Bonchev–Trinajstić information content (AvgIpc) is 2.79. The minimum atomic E-state index is -0.526. The number of piperazine rings is 1. The second-order valence-corrected chi connectivity index (χ2v) is 8.18. The average molecular weight is 429 g/mol. The number of aromatic nitrogens is 1. The summed E-state index contributed by atoms with van der Waals surface area (Å²) in [7, 11) is 3.72. The van der Waals surface area contributed by atoms with E-state index in [2.05, 4.69) is 33.7 Å². The van der Waals surface area contributed by atoms with Crippen LogP contribution in [0.2, 0.25) is 0 Å². The van der Waals surface area contributed by atoms with Gasteiger partial charge in [0.2, 0.25) is 0 Å². The van der Waals surface area contributed by atoms with Crippen LogP contribution < -0.4 is 9.47 Å². The highest BCUT2D eigenvalue weighted by atomic mass is 16.5. The van der Waals surface area contributed by atoms with Gasteiger partial charge in [0.1, 0.15) is 12.7 Å². The SMILES string of the molecule is CCN1CCN(C[C@H](O)COc2ccc(CN(C)Cc3ccccn3)cc2OC)CC1. The molecule has 7 nitrogen and oxygen atoms in total. The lowest BCUT2D eigenvalue weighted by Crippen LogP contribution is -2.49. The van der Waals surface area contributed by atoms with Crippen molar-refractivity contribution in [3.05, 3.63) is 53.9 Å². The number of likely N-dealkylation sites (N-methyl/N-ethyl adjacent to an activating group) is 1. The van der Waals surface area contributed by atoms with Gasteiger partial charge in [-0.2, -0.15) is 0 Å². The van der Waals surface area contributed by atoms with Crippen LogP contribution in [0.5, 0.6) is 11.5 Å². The zero-order valence-corrected chi connectivity index (χ0v) is 19.0. The molecule has 0 bridgehead atoms. The Morgan fingerprint density at radius 3 is 2.52 bits per heavy atom. The number of hydrogen-bond acceptors (Lipinski definition) is 7. The fourth-order valence-electron chi connectivity index (χ4n) is 3.89. The lowest BCUT2D eigenvalue weighted by molar-refractivity contribution is 0.0464. The summed E-state index contributed by atoms with van der Waals surface area (Å²) in [5.74, 6) is 1.35. The van der Waals surface area contributed by atoms with Crippen LogP contribution in [0, 0.1) is 0 Å². The zero-order chi connectivity index (χ0) is 22.1. The van der Waals surface area contributed by atoms with Crippen LogP contribution in [0.25, 0.3) is 0 Å². The van der Waals surface area contributed by atoms with E-state index in [0.717, 1.165) is 57.1 Å². The van der Waals surface area contributed by atoms with E-state index >= 15 is 0 Å². The third kappa shape index (κ3) is 7.47. The molecule has 0 saturated carbocycles. The van der Waals surface area contributed by atoms with E-state index in [1.54, 1.807) is 7.11 Å². The van der Waals surface area contributed by atoms with Crippen LogP contribution in [0.1, 0.15) is 18.2 Å². The number of pyridine rings is 1. The van der Waals surface area contributed by atoms with Crippen molar-refractivity contribution in [2.45, 2.75) is 26.1 Å². The number of ether oxygens (including phenoxy) is 2. The maximum absolute atomic E-state index is 10.4. The molecule has 0 radical (unpaired) electrons. The van der Waals surface area contributed by atoms with Crippen LogP contribution in [-0.2, 0) is 13.1 Å². The Kier molecular flexibility index (Phi) is 9.09. The summed E-state index contributed by atoms with van der Waals surface area (Å²) in [6.07, 6.45) is 1.29. The highest BCUT2D eigenvalue weighted by Gasteiger charge is 2.19. The van der Waals surface area contributed by atoms with Crippen molar-refractivity contribution in [3.63, 3.8) is 0 Å². The van der Waals surface area contributed by atoms with Crippen LogP contribution in [0.15, 0.2) is 42.6 Å². The molecule has 1 aliphatic rings. The molecule has 0 amide bonds. The molecule has 0 unspecified atom stereocenters. The molecule has 31 heavy (non-hydrogen) atoms. The van der Waals surface area contributed by atoms with E-state index in [4.69, 9.17) is 9.47 Å². The molecule has 0 spiro atoms. The Balaban J connectivity index is 1.48. The Hall–Kier alpha value is -2.19. The minimum absolute atomic E-state index is 0.253. The lowest BCUT2D eigenvalue weighted by Gasteiger charge is -2.34.